The highest BCUT2D eigenvalue weighted by Crippen LogP contribution is 2.25. The first-order chi connectivity index (χ1) is 12.2. The van der Waals surface area contributed by atoms with Gasteiger partial charge in [0.25, 0.3) is 0 Å². The molecule has 0 unspecified atom stereocenters. The number of fused-ring (bicyclic) bond motifs is 3. The van der Waals surface area contributed by atoms with Crippen LogP contribution in [0, 0.1) is 0 Å². The van der Waals surface area contributed by atoms with Crippen molar-refractivity contribution in [1.82, 2.24) is 4.98 Å². The minimum absolute atomic E-state index is 0.187. The molecule has 0 amide bonds. The van der Waals surface area contributed by atoms with Crippen molar-refractivity contribution in [1.29, 1.82) is 0 Å². The largest absolute Gasteiger partial charge is 0.465 e. The molecule has 0 bridgehead atoms. The number of esters is 1. The molecule has 0 atom stereocenters. The Morgan fingerprint density at radius 1 is 1.12 bits per heavy atom. The van der Waals surface area contributed by atoms with Gasteiger partial charge in [-0.3, -0.25) is 9.78 Å². The molecular weight excluding hydrogens is 318 g/mol. The molecule has 2 aromatic heterocycles. The van der Waals surface area contributed by atoms with Crippen molar-refractivity contribution in [2.45, 2.75) is 0 Å². The summed E-state index contributed by atoms with van der Waals surface area (Å²) in [5.41, 5.74) is 1.31. The van der Waals surface area contributed by atoms with Gasteiger partial charge in [0, 0.05) is 6.20 Å². The van der Waals surface area contributed by atoms with E-state index in [-0.39, 0.29) is 5.43 Å². The van der Waals surface area contributed by atoms with Crippen molar-refractivity contribution in [3.8, 4) is 11.3 Å². The lowest BCUT2D eigenvalue weighted by Crippen LogP contribution is -2.08. The van der Waals surface area contributed by atoms with Gasteiger partial charge in [0.2, 0.25) is 5.43 Å². The lowest BCUT2D eigenvalue weighted by molar-refractivity contribution is 0.0600. The van der Waals surface area contributed by atoms with Gasteiger partial charge >= 0.3 is 5.97 Å². The Labute approximate surface area is 142 Å². The Morgan fingerprint density at radius 2 is 1.96 bits per heavy atom. The van der Waals surface area contributed by atoms with E-state index in [0.29, 0.717) is 27.8 Å². The van der Waals surface area contributed by atoms with E-state index in [9.17, 15) is 9.59 Å². The number of rotatable bonds is 2. The van der Waals surface area contributed by atoms with Gasteiger partial charge in [-0.05, 0) is 29.0 Å². The number of methoxy groups -OCH3 is 1. The fourth-order valence-electron chi connectivity index (χ4n) is 2.89. The normalized spacial score (nSPS) is 10.9. The predicted octanol–water partition coefficient (Wildman–Crippen LogP) is 3.79. The first-order valence-electron chi connectivity index (χ1n) is 7.67. The summed E-state index contributed by atoms with van der Waals surface area (Å²) in [4.78, 5) is 29.0. The predicted molar refractivity (Wildman–Crippen MR) is 94.6 cm³/mol. The summed E-state index contributed by atoms with van der Waals surface area (Å²) in [5, 5.41) is 2.27. The molecule has 0 aliphatic heterocycles. The van der Waals surface area contributed by atoms with Gasteiger partial charge in [-0.15, -0.1) is 0 Å². The molecule has 0 fully saturated rings. The topological polar surface area (TPSA) is 69.4 Å². The zero-order valence-corrected chi connectivity index (χ0v) is 13.4. The second-order valence-corrected chi connectivity index (χ2v) is 5.56. The first-order valence-corrected chi connectivity index (χ1v) is 7.67. The maximum atomic E-state index is 13.1. The number of carbonyl (C=O) groups is 1. The van der Waals surface area contributed by atoms with Gasteiger partial charge in [0.15, 0.2) is 0 Å². The summed E-state index contributed by atoms with van der Waals surface area (Å²) in [6.07, 6.45) is 2.84. The van der Waals surface area contributed by atoms with Crippen LogP contribution in [0.15, 0.2) is 70.2 Å². The molecule has 25 heavy (non-hydrogen) atoms. The van der Waals surface area contributed by atoms with Crippen molar-refractivity contribution in [2.24, 2.45) is 0 Å². The number of aromatic nitrogens is 1. The maximum Gasteiger partial charge on any atom is 0.337 e. The summed E-state index contributed by atoms with van der Waals surface area (Å²) < 4.78 is 10.4. The molecule has 0 aliphatic rings. The van der Waals surface area contributed by atoms with Crippen LogP contribution in [0.3, 0.4) is 0 Å². The van der Waals surface area contributed by atoms with Crippen LogP contribution in [0.25, 0.3) is 33.0 Å². The van der Waals surface area contributed by atoms with Crippen molar-refractivity contribution in [2.75, 3.05) is 7.11 Å². The quantitative estimate of drug-likeness (QED) is 0.413. The molecule has 0 saturated heterocycles. The number of ether oxygens (including phenoxy) is 1. The van der Waals surface area contributed by atoms with E-state index in [4.69, 9.17) is 9.15 Å². The standard InChI is InChI=1S/C20H13NO4/c1-24-20(23)13-8-9-21-16(10-13)15-11-25-17-7-6-12-4-2-3-5-14(12)18(17)19(15)22/h2-11H,1H3. The number of nitrogens with zero attached hydrogens (tertiary/aromatic N) is 1. The Morgan fingerprint density at radius 3 is 2.80 bits per heavy atom. The van der Waals surface area contributed by atoms with E-state index >= 15 is 0 Å². The van der Waals surface area contributed by atoms with Crippen LogP contribution < -0.4 is 5.43 Å². The van der Waals surface area contributed by atoms with Crippen LogP contribution in [0.4, 0.5) is 0 Å². The van der Waals surface area contributed by atoms with E-state index < -0.39 is 5.97 Å². The number of pyridine rings is 1. The van der Waals surface area contributed by atoms with Crippen LogP contribution in [-0.2, 0) is 4.74 Å². The minimum atomic E-state index is -0.487. The molecule has 0 saturated carbocycles. The number of hydrogen-bond acceptors (Lipinski definition) is 5. The van der Waals surface area contributed by atoms with Gasteiger partial charge in [-0.1, -0.05) is 30.3 Å². The second-order valence-electron chi connectivity index (χ2n) is 5.56. The van der Waals surface area contributed by atoms with Gasteiger partial charge in [-0.2, -0.15) is 0 Å². The zero-order valence-electron chi connectivity index (χ0n) is 13.4. The number of benzene rings is 2. The van der Waals surface area contributed by atoms with Gasteiger partial charge in [0.1, 0.15) is 11.8 Å². The monoisotopic (exact) mass is 331 g/mol. The Bertz CT molecular complexity index is 1180. The minimum Gasteiger partial charge on any atom is -0.465 e. The third-order valence-corrected chi connectivity index (χ3v) is 4.12. The van der Waals surface area contributed by atoms with Crippen LogP contribution in [0.5, 0.6) is 0 Å². The molecule has 0 aliphatic carbocycles. The molecule has 4 rings (SSSR count). The highest BCUT2D eigenvalue weighted by atomic mass is 16.5. The average molecular weight is 331 g/mol. The van der Waals surface area contributed by atoms with E-state index in [1.165, 1.54) is 31.7 Å². The van der Waals surface area contributed by atoms with Crippen LogP contribution in [0.2, 0.25) is 0 Å². The molecule has 122 valence electrons. The third-order valence-electron chi connectivity index (χ3n) is 4.12. The van der Waals surface area contributed by atoms with Crippen molar-refractivity contribution >= 4 is 27.7 Å². The van der Waals surface area contributed by atoms with E-state index in [2.05, 4.69) is 4.98 Å². The number of hydrogen-bond donors (Lipinski definition) is 0. The number of carbonyl (C=O) groups excluding carboxylic acids is 1. The van der Waals surface area contributed by atoms with Gasteiger partial charge in [-0.25, -0.2) is 4.79 Å². The SMILES string of the molecule is COC(=O)c1ccnc(-c2coc3ccc4ccccc4c3c2=O)c1. The van der Waals surface area contributed by atoms with Gasteiger partial charge < -0.3 is 9.15 Å². The zero-order chi connectivity index (χ0) is 17.4. The lowest BCUT2D eigenvalue weighted by Gasteiger charge is -2.06. The third kappa shape index (κ3) is 2.46. The van der Waals surface area contributed by atoms with Crippen LogP contribution in [0.1, 0.15) is 10.4 Å². The van der Waals surface area contributed by atoms with Crippen molar-refractivity contribution in [3.05, 3.63) is 76.8 Å². The molecule has 5 heteroatoms. The molecule has 0 spiro atoms. The molecule has 0 N–H and O–H groups in total. The Balaban J connectivity index is 2.01. The maximum absolute atomic E-state index is 13.1. The highest BCUT2D eigenvalue weighted by Gasteiger charge is 2.14. The van der Waals surface area contributed by atoms with Crippen molar-refractivity contribution < 1.29 is 13.9 Å². The van der Waals surface area contributed by atoms with E-state index in [1.807, 2.05) is 30.3 Å². The smallest absolute Gasteiger partial charge is 0.337 e. The molecular formula is C20H13NO4. The molecule has 2 heterocycles. The highest BCUT2D eigenvalue weighted by molar-refractivity contribution is 6.06. The fourth-order valence-corrected chi connectivity index (χ4v) is 2.89. The van der Waals surface area contributed by atoms with Crippen molar-refractivity contribution in [3.63, 3.8) is 0 Å². The first kappa shape index (κ1) is 15.1. The van der Waals surface area contributed by atoms with E-state index in [1.54, 1.807) is 6.07 Å². The van der Waals surface area contributed by atoms with Crippen LogP contribution >= 0.6 is 0 Å². The summed E-state index contributed by atoms with van der Waals surface area (Å²) in [7, 11) is 1.30. The fraction of sp³-hybridized carbons (Fsp3) is 0.0500. The second kappa shape index (κ2) is 5.87. The average Bonchev–Trinajstić information content (AvgIpc) is 2.67. The molecule has 0 radical (unpaired) electrons. The Hall–Kier alpha value is -3.47. The Kier molecular flexibility index (Phi) is 3.54. The summed E-state index contributed by atoms with van der Waals surface area (Å²) >= 11 is 0. The van der Waals surface area contributed by atoms with Gasteiger partial charge in [0.05, 0.1) is 29.3 Å². The van der Waals surface area contributed by atoms with E-state index in [0.717, 1.165) is 10.8 Å². The molecule has 2 aromatic carbocycles. The summed E-state index contributed by atoms with van der Waals surface area (Å²) in [6, 6.07) is 14.4. The molecule has 5 nitrogen and oxygen atoms in total. The summed E-state index contributed by atoms with van der Waals surface area (Å²) in [6.45, 7) is 0. The molecule has 4 aromatic rings. The summed E-state index contributed by atoms with van der Waals surface area (Å²) in [5.74, 6) is -0.487. The van der Waals surface area contributed by atoms with Crippen LogP contribution in [-0.4, -0.2) is 18.1 Å². The lowest BCUT2D eigenvalue weighted by atomic mass is 10.0.